The average molecular weight is 202 g/mol. The molecule has 4 rings (SSSR count). The molecule has 0 heterocycles. The molecular weight excluding hydrogens is 180 g/mol. The molecule has 3 saturated carbocycles. The van der Waals surface area contributed by atoms with Crippen molar-refractivity contribution in [2.45, 2.75) is 45.4 Å². The highest BCUT2D eigenvalue weighted by atomic mass is 14.7. The van der Waals surface area contributed by atoms with Gasteiger partial charge in [0.25, 0.3) is 0 Å². The van der Waals surface area contributed by atoms with Crippen LogP contribution in [0.5, 0.6) is 0 Å². The second-order valence-electron chi connectivity index (χ2n) is 6.65. The van der Waals surface area contributed by atoms with Crippen LogP contribution in [0.2, 0.25) is 0 Å². The number of hydrogen-bond donors (Lipinski definition) is 0. The second-order valence-corrected chi connectivity index (χ2v) is 6.65. The van der Waals surface area contributed by atoms with Crippen LogP contribution in [0.3, 0.4) is 0 Å². The molecule has 0 aromatic carbocycles. The van der Waals surface area contributed by atoms with Gasteiger partial charge in [-0.25, -0.2) is 0 Å². The number of fused-ring (bicyclic) bond motifs is 9. The van der Waals surface area contributed by atoms with Crippen molar-refractivity contribution < 1.29 is 0 Å². The van der Waals surface area contributed by atoms with Crippen LogP contribution in [0.25, 0.3) is 0 Å². The Bertz CT molecular complexity index is 316. The highest BCUT2D eigenvalue weighted by Gasteiger charge is 2.63. The van der Waals surface area contributed by atoms with Crippen LogP contribution < -0.4 is 0 Å². The van der Waals surface area contributed by atoms with Crippen molar-refractivity contribution in [1.29, 1.82) is 0 Å². The second kappa shape index (κ2) is 2.70. The van der Waals surface area contributed by atoms with Gasteiger partial charge in [0.05, 0.1) is 0 Å². The van der Waals surface area contributed by atoms with E-state index in [2.05, 4.69) is 19.1 Å². The van der Waals surface area contributed by atoms with Crippen molar-refractivity contribution in [3.05, 3.63) is 12.2 Å². The first-order valence-corrected chi connectivity index (χ1v) is 7.03. The maximum atomic E-state index is 2.64. The molecule has 0 radical (unpaired) electrons. The topological polar surface area (TPSA) is 0 Å². The van der Waals surface area contributed by atoms with Crippen LogP contribution in [-0.2, 0) is 0 Å². The Labute approximate surface area is 93.1 Å². The highest BCUT2D eigenvalue weighted by Crippen LogP contribution is 2.71. The summed E-state index contributed by atoms with van der Waals surface area (Å²) in [6, 6.07) is 0. The zero-order valence-corrected chi connectivity index (χ0v) is 9.78. The van der Waals surface area contributed by atoms with Crippen LogP contribution >= 0.6 is 0 Å². The maximum absolute atomic E-state index is 2.64. The lowest BCUT2D eigenvalue weighted by molar-refractivity contribution is 0.136. The normalized spacial score (nSPS) is 59.1. The molecule has 0 aromatic heterocycles. The third-order valence-electron chi connectivity index (χ3n) is 6.15. The molecule has 0 heteroatoms. The van der Waals surface area contributed by atoms with E-state index in [1.165, 1.54) is 19.3 Å². The van der Waals surface area contributed by atoms with Gasteiger partial charge in [0.15, 0.2) is 0 Å². The lowest BCUT2D eigenvalue weighted by Gasteiger charge is -2.39. The van der Waals surface area contributed by atoms with E-state index in [4.69, 9.17) is 0 Å². The molecule has 3 fully saturated rings. The van der Waals surface area contributed by atoms with Gasteiger partial charge in [0.1, 0.15) is 0 Å². The summed E-state index contributed by atoms with van der Waals surface area (Å²) in [5.74, 6) is 5.50. The molecule has 6 unspecified atom stereocenters. The van der Waals surface area contributed by atoms with Crippen molar-refractivity contribution >= 4 is 0 Å². The lowest BCUT2D eigenvalue weighted by Crippen LogP contribution is -2.32. The number of hydrogen-bond acceptors (Lipinski definition) is 0. The molecule has 0 nitrogen and oxygen atoms in total. The standard InChI is InChI=1S/C15H22/c1-2-6-15-7-5-12(9-15)13-10-3-4-11(8-10)14(13)15/h5,7,10-14H,2-4,6,8-9H2,1H3. The van der Waals surface area contributed by atoms with Crippen LogP contribution in [-0.4, -0.2) is 0 Å². The molecule has 0 N–H and O–H groups in total. The van der Waals surface area contributed by atoms with Gasteiger partial charge in [-0.2, -0.15) is 0 Å². The predicted molar refractivity (Wildman–Crippen MR) is 62.4 cm³/mol. The Morgan fingerprint density at radius 2 is 2.13 bits per heavy atom. The fraction of sp³-hybridized carbons (Fsp3) is 0.867. The monoisotopic (exact) mass is 202 g/mol. The Balaban J connectivity index is 1.75. The minimum atomic E-state index is 0.684. The van der Waals surface area contributed by atoms with Gasteiger partial charge in [-0.1, -0.05) is 25.5 Å². The van der Waals surface area contributed by atoms with E-state index < -0.39 is 0 Å². The molecule has 82 valence electrons. The first-order chi connectivity index (χ1) is 7.34. The van der Waals surface area contributed by atoms with E-state index in [-0.39, 0.29) is 0 Å². The van der Waals surface area contributed by atoms with E-state index in [0.717, 1.165) is 29.6 Å². The first-order valence-electron chi connectivity index (χ1n) is 7.03. The zero-order valence-electron chi connectivity index (χ0n) is 9.78. The third kappa shape index (κ3) is 0.905. The van der Waals surface area contributed by atoms with E-state index >= 15 is 0 Å². The van der Waals surface area contributed by atoms with Crippen molar-refractivity contribution in [3.8, 4) is 0 Å². The summed E-state index contributed by atoms with van der Waals surface area (Å²) >= 11 is 0. The van der Waals surface area contributed by atoms with Crippen molar-refractivity contribution in [2.24, 2.45) is 35.0 Å². The smallest absolute Gasteiger partial charge is 0.00787 e. The van der Waals surface area contributed by atoms with Crippen LogP contribution in [0.1, 0.15) is 45.4 Å². The summed E-state index contributed by atoms with van der Waals surface area (Å²) in [5.41, 5.74) is 0.684. The molecule has 0 aliphatic heterocycles. The molecule has 0 spiro atoms. The molecular formula is C15H22. The minimum Gasteiger partial charge on any atom is -0.0845 e. The quantitative estimate of drug-likeness (QED) is 0.468. The third-order valence-corrected chi connectivity index (χ3v) is 6.15. The fourth-order valence-electron chi connectivity index (χ4n) is 6.02. The molecule has 15 heavy (non-hydrogen) atoms. The molecule has 4 aliphatic rings. The SMILES string of the molecule is CCCC12C=CC(C1)C1C3CCC(C3)C12. The largest absolute Gasteiger partial charge is 0.0845 e. The van der Waals surface area contributed by atoms with Gasteiger partial charge in [0, 0.05) is 0 Å². The van der Waals surface area contributed by atoms with Crippen LogP contribution in [0.15, 0.2) is 12.2 Å². The Morgan fingerprint density at radius 1 is 1.27 bits per heavy atom. The summed E-state index contributed by atoms with van der Waals surface area (Å²) in [6.07, 6.45) is 14.4. The Kier molecular flexibility index (Phi) is 1.59. The molecule has 0 amide bonds. The average Bonchev–Trinajstić information content (AvgIpc) is 2.95. The van der Waals surface area contributed by atoms with Crippen molar-refractivity contribution in [3.63, 3.8) is 0 Å². The van der Waals surface area contributed by atoms with E-state index in [0.29, 0.717) is 5.41 Å². The molecule has 0 saturated heterocycles. The van der Waals surface area contributed by atoms with E-state index in [9.17, 15) is 0 Å². The summed E-state index contributed by atoms with van der Waals surface area (Å²) in [6.45, 7) is 2.37. The highest BCUT2D eigenvalue weighted by molar-refractivity contribution is 5.25. The van der Waals surface area contributed by atoms with Crippen LogP contribution in [0.4, 0.5) is 0 Å². The first kappa shape index (κ1) is 8.84. The zero-order chi connectivity index (χ0) is 10.0. The Hall–Kier alpha value is -0.260. The van der Waals surface area contributed by atoms with Crippen molar-refractivity contribution in [1.82, 2.24) is 0 Å². The van der Waals surface area contributed by atoms with E-state index in [1.807, 2.05) is 0 Å². The van der Waals surface area contributed by atoms with Gasteiger partial charge in [-0.05, 0) is 67.1 Å². The summed E-state index contributed by atoms with van der Waals surface area (Å²) < 4.78 is 0. The molecule has 0 aromatic rings. The van der Waals surface area contributed by atoms with Gasteiger partial charge >= 0.3 is 0 Å². The fourth-order valence-corrected chi connectivity index (χ4v) is 6.02. The number of allylic oxidation sites excluding steroid dienone is 2. The molecule has 4 aliphatic carbocycles. The summed E-state index contributed by atoms with van der Waals surface area (Å²) in [7, 11) is 0. The van der Waals surface area contributed by atoms with Crippen molar-refractivity contribution in [2.75, 3.05) is 0 Å². The van der Waals surface area contributed by atoms with E-state index in [1.54, 1.807) is 19.3 Å². The number of rotatable bonds is 2. The predicted octanol–water partition coefficient (Wildman–Crippen LogP) is 4.02. The van der Waals surface area contributed by atoms with Gasteiger partial charge in [0.2, 0.25) is 0 Å². The molecule has 6 atom stereocenters. The summed E-state index contributed by atoms with van der Waals surface area (Å²) in [5, 5.41) is 0. The minimum absolute atomic E-state index is 0.684. The van der Waals surface area contributed by atoms with Gasteiger partial charge < -0.3 is 0 Å². The van der Waals surface area contributed by atoms with Crippen LogP contribution in [0, 0.1) is 35.0 Å². The summed E-state index contributed by atoms with van der Waals surface area (Å²) in [4.78, 5) is 0. The maximum Gasteiger partial charge on any atom is -0.00787 e. The lowest BCUT2D eigenvalue weighted by atomic mass is 9.65. The van der Waals surface area contributed by atoms with Gasteiger partial charge in [-0.3, -0.25) is 0 Å². The Morgan fingerprint density at radius 3 is 3.00 bits per heavy atom. The van der Waals surface area contributed by atoms with Gasteiger partial charge in [-0.15, -0.1) is 0 Å². The molecule has 4 bridgehead atoms.